The Labute approximate surface area is 217 Å². The van der Waals surface area contributed by atoms with Gasteiger partial charge in [0.1, 0.15) is 0 Å². The molecule has 0 atom stereocenters. The summed E-state index contributed by atoms with van der Waals surface area (Å²) in [6.07, 6.45) is 12.9. The molecule has 36 heavy (non-hydrogen) atoms. The number of carbonyl (C=O) groups excluding carboxylic acids is 2. The summed E-state index contributed by atoms with van der Waals surface area (Å²) in [5.74, 6) is 0.384. The van der Waals surface area contributed by atoms with Crippen molar-refractivity contribution >= 4 is 29.2 Å². The van der Waals surface area contributed by atoms with E-state index in [9.17, 15) is 9.59 Å². The first kappa shape index (κ1) is 28.8. The van der Waals surface area contributed by atoms with Crippen molar-refractivity contribution < 1.29 is 14.3 Å². The third-order valence-corrected chi connectivity index (χ3v) is 5.82. The van der Waals surface area contributed by atoms with E-state index in [1.807, 2.05) is 38.3 Å². The van der Waals surface area contributed by atoms with Crippen molar-refractivity contribution in [2.75, 3.05) is 12.4 Å². The SMILES string of the molecule is CC.CC/C=C(C(N)=O)/C(=C\C(=C\CCC)NC(=O)C1CC1)Nc1nccc(-c2cnsc2)c1OC. The number of nitrogens with one attached hydrogen (secondary N) is 2. The molecule has 2 aromatic heterocycles. The van der Waals surface area contributed by atoms with Gasteiger partial charge in [-0.1, -0.05) is 46.3 Å². The van der Waals surface area contributed by atoms with Gasteiger partial charge in [0.25, 0.3) is 0 Å². The van der Waals surface area contributed by atoms with E-state index in [1.165, 1.54) is 11.5 Å². The van der Waals surface area contributed by atoms with Gasteiger partial charge in [0.2, 0.25) is 11.8 Å². The van der Waals surface area contributed by atoms with Gasteiger partial charge >= 0.3 is 0 Å². The second-order valence-electron chi connectivity index (χ2n) is 7.94. The maximum Gasteiger partial charge on any atom is 0.250 e. The number of rotatable bonds is 12. The molecule has 0 unspecified atom stereocenters. The Kier molecular flexibility index (Phi) is 11.9. The zero-order chi connectivity index (χ0) is 26.5. The molecule has 0 aliphatic heterocycles. The van der Waals surface area contributed by atoms with Crippen LogP contribution in [-0.2, 0) is 9.59 Å². The molecule has 4 N–H and O–H groups in total. The van der Waals surface area contributed by atoms with E-state index < -0.39 is 5.91 Å². The van der Waals surface area contributed by atoms with E-state index in [2.05, 4.69) is 26.9 Å². The van der Waals surface area contributed by atoms with Crippen LogP contribution in [0, 0.1) is 5.92 Å². The molecule has 2 aromatic rings. The van der Waals surface area contributed by atoms with E-state index in [-0.39, 0.29) is 11.8 Å². The highest BCUT2D eigenvalue weighted by Gasteiger charge is 2.30. The fourth-order valence-electron chi connectivity index (χ4n) is 3.36. The van der Waals surface area contributed by atoms with Gasteiger partial charge in [-0.15, -0.1) is 0 Å². The maximum absolute atomic E-state index is 12.5. The molecule has 0 saturated heterocycles. The number of pyridine rings is 1. The molecule has 0 aromatic carbocycles. The van der Waals surface area contributed by atoms with Gasteiger partial charge in [0.05, 0.1) is 18.4 Å². The topological polar surface area (TPSA) is 119 Å². The number of carbonyl (C=O) groups is 2. The molecule has 1 aliphatic rings. The number of nitrogens with two attached hydrogens (primary N) is 1. The fraction of sp³-hybridized carbons (Fsp3) is 0.407. The van der Waals surface area contributed by atoms with Crippen molar-refractivity contribution in [2.45, 2.75) is 59.8 Å². The highest BCUT2D eigenvalue weighted by molar-refractivity contribution is 7.03. The van der Waals surface area contributed by atoms with Crippen molar-refractivity contribution in [3.05, 3.63) is 59.0 Å². The Balaban J connectivity index is 0.00000222. The van der Waals surface area contributed by atoms with Crippen LogP contribution in [-0.4, -0.2) is 28.3 Å². The van der Waals surface area contributed by atoms with Crippen LogP contribution in [0.5, 0.6) is 5.75 Å². The number of unbranched alkanes of at least 4 members (excludes halogenated alkanes) is 1. The molecule has 1 fully saturated rings. The zero-order valence-corrected chi connectivity index (χ0v) is 22.6. The monoisotopic (exact) mass is 511 g/mol. The summed E-state index contributed by atoms with van der Waals surface area (Å²) in [6.45, 7) is 7.98. The summed E-state index contributed by atoms with van der Waals surface area (Å²) in [5, 5.41) is 8.15. The van der Waals surface area contributed by atoms with Gasteiger partial charge in [-0.2, -0.15) is 0 Å². The lowest BCUT2D eigenvalue weighted by Gasteiger charge is -2.17. The van der Waals surface area contributed by atoms with E-state index >= 15 is 0 Å². The zero-order valence-electron chi connectivity index (χ0n) is 21.8. The standard InChI is InChI=1S/C25H31N5O3S.C2H6/c1-4-6-8-18(29-25(32)16-9-10-16)13-21(20(7-5-2)23(26)31)30-24-22(33-3)19(11-12-27-24)17-14-28-34-15-17;1-2/h7-8,11-16H,4-6,9-10H2,1-3H3,(H2,26,31)(H,27,30)(H,29,32);1-2H3/b18-8-,20-7-,21-13+;. The molecule has 0 spiro atoms. The number of ether oxygens (including phenoxy) is 1. The van der Waals surface area contributed by atoms with Gasteiger partial charge in [0, 0.05) is 40.5 Å². The predicted octanol–water partition coefficient (Wildman–Crippen LogP) is 5.57. The van der Waals surface area contributed by atoms with Crippen LogP contribution in [0.25, 0.3) is 11.1 Å². The average Bonchev–Trinajstić information content (AvgIpc) is 3.60. The van der Waals surface area contributed by atoms with Crippen LogP contribution in [0.4, 0.5) is 5.82 Å². The summed E-state index contributed by atoms with van der Waals surface area (Å²) >= 11 is 1.34. The number of allylic oxidation sites excluding steroid dienone is 3. The van der Waals surface area contributed by atoms with E-state index in [0.29, 0.717) is 35.0 Å². The van der Waals surface area contributed by atoms with Crippen molar-refractivity contribution in [2.24, 2.45) is 11.7 Å². The number of amides is 2. The normalized spacial score (nSPS) is 14.0. The van der Waals surface area contributed by atoms with Crippen LogP contribution < -0.4 is 21.1 Å². The van der Waals surface area contributed by atoms with E-state index in [0.717, 1.165) is 36.8 Å². The lowest BCUT2D eigenvalue weighted by atomic mass is 10.1. The van der Waals surface area contributed by atoms with Gasteiger partial charge in [0.15, 0.2) is 11.6 Å². The van der Waals surface area contributed by atoms with Crippen molar-refractivity contribution in [3.63, 3.8) is 0 Å². The molecule has 1 saturated carbocycles. The second kappa shape index (κ2) is 14.8. The quantitative estimate of drug-likeness (QED) is 0.253. The Bertz CT molecular complexity index is 1100. The van der Waals surface area contributed by atoms with Gasteiger partial charge in [-0.05, 0) is 49.4 Å². The first-order valence-corrected chi connectivity index (χ1v) is 13.2. The van der Waals surface area contributed by atoms with Crippen LogP contribution in [0.1, 0.15) is 59.8 Å². The Morgan fingerprint density at radius 2 is 2.00 bits per heavy atom. The molecule has 8 nitrogen and oxygen atoms in total. The minimum atomic E-state index is -0.582. The number of anilines is 1. The summed E-state index contributed by atoms with van der Waals surface area (Å²) in [6, 6.07) is 1.84. The maximum atomic E-state index is 12.5. The third kappa shape index (κ3) is 8.05. The van der Waals surface area contributed by atoms with Crippen LogP contribution in [0.15, 0.2) is 59.0 Å². The molecule has 2 amide bonds. The minimum Gasteiger partial charge on any atom is -0.492 e. The fourth-order valence-corrected chi connectivity index (χ4v) is 3.89. The van der Waals surface area contributed by atoms with Crippen molar-refractivity contribution in [3.8, 4) is 16.9 Å². The average molecular weight is 512 g/mol. The van der Waals surface area contributed by atoms with Gasteiger partial charge in [-0.25, -0.2) is 9.36 Å². The highest BCUT2D eigenvalue weighted by Crippen LogP contribution is 2.36. The lowest BCUT2D eigenvalue weighted by Crippen LogP contribution is -2.25. The molecule has 1 aliphatic carbocycles. The first-order chi connectivity index (χ1) is 17.5. The molecular weight excluding hydrogens is 474 g/mol. The molecule has 9 heteroatoms. The summed E-state index contributed by atoms with van der Waals surface area (Å²) in [5.41, 5.74) is 8.80. The number of hydrogen-bond donors (Lipinski definition) is 3. The highest BCUT2D eigenvalue weighted by atomic mass is 32.1. The Hall–Kier alpha value is -3.46. The smallest absolute Gasteiger partial charge is 0.250 e. The van der Waals surface area contributed by atoms with Crippen LogP contribution in [0.3, 0.4) is 0 Å². The molecular formula is C27H37N5O3S. The number of methoxy groups -OCH3 is 1. The second-order valence-corrected chi connectivity index (χ2v) is 8.60. The minimum absolute atomic E-state index is 0.0132. The molecule has 3 rings (SSSR count). The Morgan fingerprint density at radius 3 is 2.56 bits per heavy atom. The first-order valence-electron chi connectivity index (χ1n) is 12.4. The van der Waals surface area contributed by atoms with Crippen LogP contribution in [0.2, 0.25) is 0 Å². The summed E-state index contributed by atoms with van der Waals surface area (Å²) in [7, 11) is 1.56. The molecule has 0 bridgehead atoms. The molecule has 0 radical (unpaired) electrons. The van der Waals surface area contributed by atoms with Crippen molar-refractivity contribution in [1.29, 1.82) is 0 Å². The van der Waals surface area contributed by atoms with E-state index in [4.69, 9.17) is 10.5 Å². The number of hydrogen-bond acceptors (Lipinski definition) is 7. The van der Waals surface area contributed by atoms with Gasteiger partial charge < -0.3 is 21.1 Å². The summed E-state index contributed by atoms with van der Waals surface area (Å²) in [4.78, 5) is 29.3. The molecule has 2 heterocycles. The van der Waals surface area contributed by atoms with Crippen molar-refractivity contribution in [1.82, 2.24) is 14.7 Å². The number of primary amides is 1. The summed E-state index contributed by atoms with van der Waals surface area (Å²) < 4.78 is 9.85. The number of nitrogens with zero attached hydrogens (tertiary/aromatic N) is 2. The third-order valence-electron chi connectivity index (χ3n) is 5.24. The van der Waals surface area contributed by atoms with Crippen LogP contribution >= 0.6 is 11.5 Å². The Morgan fingerprint density at radius 1 is 1.25 bits per heavy atom. The molecule has 194 valence electrons. The predicted molar refractivity (Wildman–Crippen MR) is 146 cm³/mol. The largest absolute Gasteiger partial charge is 0.492 e. The van der Waals surface area contributed by atoms with E-state index in [1.54, 1.807) is 31.7 Å². The number of aromatic nitrogens is 2. The van der Waals surface area contributed by atoms with Gasteiger partial charge in [-0.3, -0.25) is 9.59 Å². The lowest BCUT2D eigenvalue weighted by molar-refractivity contribution is -0.121.